The summed E-state index contributed by atoms with van der Waals surface area (Å²) in [6.07, 6.45) is 0. The molecule has 0 amide bonds. The van der Waals surface area contributed by atoms with Gasteiger partial charge in [0.25, 0.3) is 0 Å². The van der Waals surface area contributed by atoms with Gasteiger partial charge in [0.1, 0.15) is 0 Å². The van der Waals surface area contributed by atoms with E-state index in [0.717, 1.165) is 48.0 Å². The monoisotopic (exact) mass is 792 g/mol. The number of aromatic nitrogens is 4. The summed E-state index contributed by atoms with van der Waals surface area (Å²) in [4.78, 5) is 14.9. The SMILES string of the molecule is [2H]c1c([2H])c([2H])c(-c2c([2H])c([2H])c3c(c2[2H])c2c([2H])c([2H])c([2H])c([2H])c2n3-c2c([2H])c([2H])c(-c3nc(-c4ccc5c6ccccc6c6ccccc6c5c4)nc(-c4ccccc4-c4ccccc4)n3)c([2H])c2[2H])c([2H])c1[2H]. The van der Waals surface area contributed by atoms with Gasteiger partial charge in [0.05, 0.1) is 33.0 Å². The first-order valence-corrected chi connectivity index (χ1v) is 19.4. The van der Waals surface area contributed by atoms with E-state index in [1.807, 2.05) is 103 Å². The van der Waals surface area contributed by atoms with Gasteiger partial charge < -0.3 is 4.57 Å². The summed E-state index contributed by atoms with van der Waals surface area (Å²) in [7, 11) is 0. The van der Waals surface area contributed by atoms with Gasteiger partial charge >= 0.3 is 0 Å². The number of fused-ring (bicyclic) bond motifs is 9. The maximum absolute atomic E-state index is 9.72. The number of nitrogens with zero attached hydrogens (tertiary/aromatic N) is 4. The van der Waals surface area contributed by atoms with Gasteiger partial charge in [-0.05, 0) is 103 Å². The lowest BCUT2D eigenvalue weighted by Crippen LogP contribution is -2.01. The van der Waals surface area contributed by atoms with Gasteiger partial charge in [-0.25, -0.2) is 15.0 Å². The number of benzene rings is 10. The van der Waals surface area contributed by atoms with Crippen LogP contribution in [-0.2, 0) is 0 Å². The normalized spacial score (nSPS) is 15.3. The Morgan fingerprint density at radius 3 is 1.62 bits per heavy atom. The standard InChI is InChI=1S/C57H36N4/c1-3-15-37(16-4-1)40-30-34-54-52(35-40)49-24-13-14-26-53(49)61(54)42-31-27-39(28-32-42)55-58-56(60-57(59-55)50-25-12-7-19-43(50)38-17-5-2-6-18-38)41-29-33-48-46-22-9-8-20-44(46)45-21-10-11-23-47(45)51(48)36-41/h1-36H/i1D,3D,4D,13D,14D,15D,16D,24D,26D,27D,28D,30D,31D,32D,34D,35D. The fraction of sp³-hybridized carbons (Fsp3) is 0. The Bertz CT molecular complexity index is 4510. The van der Waals surface area contributed by atoms with Crippen LogP contribution in [0.25, 0.3) is 116 Å². The molecule has 0 spiro atoms. The van der Waals surface area contributed by atoms with Crippen molar-refractivity contribution >= 4 is 54.1 Å². The van der Waals surface area contributed by atoms with Crippen molar-refractivity contribution in [3.05, 3.63) is 218 Å². The summed E-state index contributed by atoms with van der Waals surface area (Å²) in [5.41, 5.74) is -0.379. The largest absolute Gasteiger partial charge is 0.309 e. The highest BCUT2D eigenvalue weighted by Gasteiger charge is 2.18. The highest BCUT2D eigenvalue weighted by atomic mass is 15.0. The summed E-state index contributed by atoms with van der Waals surface area (Å²) >= 11 is 0. The lowest BCUT2D eigenvalue weighted by Gasteiger charge is -2.14. The predicted molar refractivity (Wildman–Crippen MR) is 254 cm³/mol. The Labute approximate surface area is 375 Å². The zero-order valence-electron chi connectivity index (χ0n) is 47.8. The maximum atomic E-state index is 9.72. The fourth-order valence-corrected chi connectivity index (χ4v) is 8.10. The van der Waals surface area contributed by atoms with E-state index in [0.29, 0.717) is 11.1 Å². The second-order valence-corrected chi connectivity index (χ2v) is 14.3. The molecule has 0 fully saturated rings. The molecule has 10 aromatic carbocycles. The van der Waals surface area contributed by atoms with Crippen molar-refractivity contribution in [3.63, 3.8) is 0 Å². The molecule has 0 bridgehead atoms. The van der Waals surface area contributed by atoms with E-state index in [2.05, 4.69) is 18.2 Å². The molecule has 284 valence electrons. The van der Waals surface area contributed by atoms with Gasteiger partial charge in [-0.1, -0.05) is 170 Å². The molecule has 0 saturated carbocycles. The number of para-hydroxylation sites is 1. The van der Waals surface area contributed by atoms with Crippen molar-refractivity contribution in [2.75, 3.05) is 0 Å². The predicted octanol–water partition coefficient (Wildman–Crippen LogP) is 14.8. The third-order valence-corrected chi connectivity index (χ3v) is 10.9. The van der Waals surface area contributed by atoms with Crippen molar-refractivity contribution in [2.45, 2.75) is 0 Å². The van der Waals surface area contributed by atoms with Gasteiger partial charge in [0.15, 0.2) is 17.5 Å². The fourth-order valence-electron chi connectivity index (χ4n) is 8.10. The van der Waals surface area contributed by atoms with E-state index in [-0.39, 0.29) is 23.0 Å². The number of hydrogen-bond donors (Lipinski definition) is 0. The smallest absolute Gasteiger partial charge is 0.164 e. The van der Waals surface area contributed by atoms with E-state index in [9.17, 15) is 11.0 Å². The molecule has 0 unspecified atom stereocenters. The van der Waals surface area contributed by atoms with Gasteiger partial charge in [0, 0.05) is 33.2 Å². The van der Waals surface area contributed by atoms with E-state index in [1.165, 1.54) is 0 Å². The van der Waals surface area contributed by atoms with Crippen LogP contribution < -0.4 is 0 Å². The van der Waals surface area contributed by atoms with E-state index < -0.39 is 135 Å². The van der Waals surface area contributed by atoms with Gasteiger partial charge in [-0.15, -0.1) is 0 Å². The molecular weight excluding hydrogens is 741 g/mol. The van der Waals surface area contributed by atoms with Crippen molar-refractivity contribution < 1.29 is 21.9 Å². The molecule has 12 aromatic rings. The van der Waals surface area contributed by atoms with Crippen LogP contribution in [0.3, 0.4) is 0 Å². The molecule has 0 aliphatic carbocycles. The molecule has 4 heteroatoms. The topological polar surface area (TPSA) is 43.6 Å². The molecule has 2 aromatic heterocycles. The molecule has 61 heavy (non-hydrogen) atoms. The minimum absolute atomic E-state index is 0.144. The summed E-state index contributed by atoms with van der Waals surface area (Å²) in [6, 6.07) is 26.9. The molecule has 4 nitrogen and oxygen atoms in total. The van der Waals surface area contributed by atoms with Gasteiger partial charge in [-0.2, -0.15) is 0 Å². The first kappa shape index (κ1) is 22.2. The Kier molecular flexibility index (Phi) is 5.20. The van der Waals surface area contributed by atoms with E-state index in [4.69, 9.17) is 25.9 Å². The molecule has 0 saturated heterocycles. The minimum Gasteiger partial charge on any atom is -0.309 e. The Morgan fingerprint density at radius 2 is 0.885 bits per heavy atom. The first-order chi connectivity index (χ1) is 36.9. The van der Waals surface area contributed by atoms with Crippen molar-refractivity contribution in [1.29, 1.82) is 0 Å². The first-order valence-electron chi connectivity index (χ1n) is 27.4. The lowest BCUT2D eigenvalue weighted by atomic mass is 9.93. The van der Waals surface area contributed by atoms with Gasteiger partial charge in [-0.3, -0.25) is 0 Å². The minimum atomic E-state index is -0.830. The second-order valence-electron chi connectivity index (χ2n) is 14.3. The summed E-state index contributed by atoms with van der Waals surface area (Å²) in [5, 5.41) is 5.19. The van der Waals surface area contributed by atoms with E-state index in [1.54, 1.807) is 0 Å². The maximum Gasteiger partial charge on any atom is 0.164 e. The van der Waals surface area contributed by atoms with Crippen LogP contribution >= 0.6 is 0 Å². The van der Waals surface area contributed by atoms with E-state index >= 15 is 0 Å². The molecule has 0 atom stereocenters. The van der Waals surface area contributed by atoms with Crippen LogP contribution in [0.15, 0.2) is 218 Å². The van der Waals surface area contributed by atoms with Crippen molar-refractivity contribution in [3.8, 4) is 62.1 Å². The average Bonchev–Trinajstić information content (AvgIpc) is 3.93. The highest BCUT2D eigenvalue weighted by molar-refractivity contribution is 6.25. The summed E-state index contributed by atoms with van der Waals surface area (Å²) in [5.74, 6) is 0.0494. The molecule has 2 heterocycles. The zero-order chi connectivity index (χ0) is 54.2. The van der Waals surface area contributed by atoms with Gasteiger partial charge in [0.2, 0.25) is 0 Å². The zero-order valence-corrected chi connectivity index (χ0v) is 31.8. The molecule has 0 radical (unpaired) electrons. The lowest BCUT2D eigenvalue weighted by molar-refractivity contribution is 1.07. The second kappa shape index (κ2) is 14.3. The van der Waals surface area contributed by atoms with Crippen LogP contribution in [0, 0.1) is 0 Å². The quantitative estimate of drug-likeness (QED) is 0.158. The van der Waals surface area contributed by atoms with Crippen LogP contribution in [0.5, 0.6) is 0 Å². The average molecular weight is 793 g/mol. The molecule has 0 N–H and O–H groups in total. The third kappa shape index (κ3) is 5.88. The molecule has 0 aliphatic rings. The Balaban J connectivity index is 1.15. The van der Waals surface area contributed by atoms with Crippen LogP contribution in [0.2, 0.25) is 0 Å². The molecular formula is C57H36N4. The highest BCUT2D eigenvalue weighted by Crippen LogP contribution is 2.39. The van der Waals surface area contributed by atoms with Crippen LogP contribution in [-0.4, -0.2) is 19.5 Å². The Morgan fingerprint density at radius 1 is 0.328 bits per heavy atom. The summed E-state index contributed by atoms with van der Waals surface area (Å²) < 4.78 is 146. The van der Waals surface area contributed by atoms with Crippen LogP contribution in [0.4, 0.5) is 0 Å². The van der Waals surface area contributed by atoms with Crippen molar-refractivity contribution in [1.82, 2.24) is 19.5 Å². The number of rotatable bonds is 6. The summed E-state index contributed by atoms with van der Waals surface area (Å²) in [6.45, 7) is 0. The molecule has 12 rings (SSSR count). The third-order valence-electron chi connectivity index (χ3n) is 10.9. The Hall–Kier alpha value is -8.21. The van der Waals surface area contributed by atoms with Crippen molar-refractivity contribution in [2.24, 2.45) is 0 Å². The molecule has 0 aliphatic heterocycles. The van der Waals surface area contributed by atoms with Crippen LogP contribution in [0.1, 0.15) is 21.9 Å². The number of hydrogen-bond acceptors (Lipinski definition) is 3.